The molecule has 114 valence electrons. The van der Waals surface area contributed by atoms with E-state index < -0.39 is 0 Å². The van der Waals surface area contributed by atoms with Crippen molar-refractivity contribution in [1.82, 2.24) is 0 Å². The van der Waals surface area contributed by atoms with Gasteiger partial charge in [0.2, 0.25) is 0 Å². The van der Waals surface area contributed by atoms with Gasteiger partial charge in [0.25, 0.3) is 0 Å². The first kappa shape index (κ1) is 15.5. The average Bonchev–Trinajstić information content (AvgIpc) is 2.64. The smallest absolute Gasteiger partial charge is 0.0669 e. The predicted molar refractivity (Wildman–Crippen MR) is 95.9 cm³/mol. The molecular formula is C22H16N2. The van der Waals surface area contributed by atoms with Crippen LogP contribution in [-0.4, -0.2) is 0 Å². The van der Waals surface area contributed by atoms with Gasteiger partial charge in [-0.1, -0.05) is 72.8 Å². The highest BCUT2D eigenvalue weighted by Crippen LogP contribution is 2.25. The zero-order chi connectivity index (χ0) is 16.8. The second-order valence-electron chi connectivity index (χ2n) is 5.64. The molecule has 3 rings (SSSR count). The Labute approximate surface area is 142 Å². The van der Waals surface area contributed by atoms with Crippen molar-refractivity contribution in [1.29, 1.82) is 10.5 Å². The minimum atomic E-state index is 0.445. The van der Waals surface area contributed by atoms with Gasteiger partial charge >= 0.3 is 0 Å². The monoisotopic (exact) mass is 308 g/mol. The molecule has 0 amide bonds. The van der Waals surface area contributed by atoms with Crippen LogP contribution in [0.4, 0.5) is 0 Å². The van der Waals surface area contributed by atoms with Crippen molar-refractivity contribution >= 4 is 0 Å². The van der Waals surface area contributed by atoms with Crippen LogP contribution in [0.15, 0.2) is 72.8 Å². The van der Waals surface area contributed by atoms with Gasteiger partial charge in [-0.2, -0.15) is 10.5 Å². The first-order chi connectivity index (χ1) is 11.8. The minimum absolute atomic E-state index is 0.445. The van der Waals surface area contributed by atoms with E-state index in [4.69, 9.17) is 10.5 Å². The molecule has 24 heavy (non-hydrogen) atoms. The van der Waals surface area contributed by atoms with Crippen molar-refractivity contribution in [2.45, 2.75) is 12.8 Å². The van der Waals surface area contributed by atoms with E-state index in [1.54, 1.807) is 0 Å². The summed E-state index contributed by atoms with van der Waals surface area (Å²) >= 11 is 0. The van der Waals surface area contributed by atoms with Crippen molar-refractivity contribution < 1.29 is 0 Å². The number of benzene rings is 3. The van der Waals surface area contributed by atoms with Crippen LogP contribution in [0.25, 0.3) is 22.3 Å². The van der Waals surface area contributed by atoms with E-state index in [1.807, 2.05) is 24.3 Å². The molecule has 0 spiro atoms. The van der Waals surface area contributed by atoms with Gasteiger partial charge in [0.1, 0.15) is 0 Å². The number of hydrogen-bond donors (Lipinski definition) is 0. The van der Waals surface area contributed by atoms with Crippen LogP contribution in [-0.2, 0) is 12.8 Å². The highest BCUT2D eigenvalue weighted by Gasteiger charge is 2.01. The topological polar surface area (TPSA) is 47.6 Å². The third kappa shape index (κ3) is 3.51. The molecule has 2 nitrogen and oxygen atoms in total. The molecule has 0 radical (unpaired) electrons. The number of nitriles is 2. The van der Waals surface area contributed by atoms with Gasteiger partial charge in [0, 0.05) is 0 Å². The molecule has 0 aliphatic heterocycles. The summed E-state index contributed by atoms with van der Waals surface area (Å²) in [5.74, 6) is 0. The molecule has 0 aliphatic carbocycles. The Balaban J connectivity index is 1.80. The van der Waals surface area contributed by atoms with E-state index in [0.717, 1.165) is 33.4 Å². The average molecular weight is 308 g/mol. The lowest BCUT2D eigenvalue weighted by molar-refractivity contribution is 1.26. The maximum atomic E-state index is 8.73. The fraction of sp³-hybridized carbons (Fsp3) is 0.0909. The molecule has 3 aromatic carbocycles. The summed E-state index contributed by atoms with van der Waals surface area (Å²) in [5.41, 5.74) is 6.68. The van der Waals surface area contributed by atoms with Crippen LogP contribution in [0.5, 0.6) is 0 Å². The number of rotatable bonds is 4. The van der Waals surface area contributed by atoms with Gasteiger partial charge in [-0.25, -0.2) is 0 Å². The van der Waals surface area contributed by atoms with Gasteiger partial charge in [-0.3, -0.25) is 0 Å². The van der Waals surface area contributed by atoms with Gasteiger partial charge < -0.3 is 0 Å². The Hall–Kier alpha value is -3.36. The fourth-order valence-corrected chi connectivity index (χ4v) is 2.67. The van der Waals surface area contributed by atoms with Crippen LogP contribution >= 0.6 is 0 Å². The van der Waals surface area contributed by atoms with Crippen LogP contribution in [0.3, 0.4) is 0 Å². The van der Waals surface area contributed by atoms with E-state index in [2.05, 4.69) is 60.7 Å². The van der Waals surface area contributed by atoms with E-state index >= 15 is 0 Å². The summed E-state index contributed by atoms with van der Waals surface area (Å²) in [5, 5.41) is 17.5. The highest BCUT2D eigenvalue weighted by molar-refractivity contribution is 5.70. The molecule has 0 fully saturated rings. The lowest BCUT2D eigenvalue weighted by Gasteiger charge is -2.06. The maximum Gasteiger partial charge on any atom is 0.0669 e. The summed E-state index contributed by atoms with van der Waals surface area (Å²) in [6.45, 7) is 0. The summed E-state index contributed by atoms with van der Waals surface area (Å²) in [6.07, 6.45) is 0.891. The second-order valence-corrected chi connectivity index (χ2v) is 5.64. The van der Waals surface area contributed by atoms with Gasteiger partial charge in [-0.05, 0) is 33.4 Å². The highest BCUT2D eigenvalue weighted by atomic mass is 14.2. The van der Waals surface area contributed by atoms with Crippen LogP contribution < -0.4 is 0 Å². The summed E-state index contributed by atoms with van der Waals surface area (Å²) in [4.78, 5) is 0. The van der Waals surface area contributed by atoms with Crippen LogP contribution in [0, 0.1) is 22.7 Å². The molecule has 2 heteroatoms. The number of hydrogen-bond acceptors (Lipinski definition) is 2. The van der Waals surface area contributed by atoms with Gasteiger partial charge in [0.05, 0.1) is 25.0 Å². The summed E-state index contributed by atoms with van der Waals surface area (Å²) in [7, 11) is 0. The molecule has 0 aromatic heterocycles. The fourth-order valence-electron chi connectivity index (χ4n) is 2.67. The minimum Gasteiger partial charge on any atom is -0.198 e. The van der Waals surface area contributed by atoms with Gasteiger partial charge in [-0.15, -0.1) is 0 Å². The molecule has 0 bridgehead atoms. The summed E-state index contributed by atoms with van der Waals surface area (Å²) < 4.78 is 0. The van der Waals surface area contributed by atoms with Crippen molar-refractivity contribution in [3.63, 3.8) is 0 Å². The second kappa shape index (κ2) is 7.27. The van der Waals surface area contributed by atoms with Crippen LogP contribution in [0.2, 0.25) is 0 Å². The molecular weight excluding hydrogens is 292 g/mol. The summed E-state index contributed by atoms with van der Waals surface area (Å²) in [6, 6.07) is 29.0. The first-order valence-electron chi connectivity index (χ1n) is 7.83. The van der Waals surface area contributed by atoms with E-state index in [1.165, 1.54) is 0 Å². The van der Waals surface area contributed by atoms with E-state index in [0.29, 0.717) is 12.8 Å². The normalized spacial score (nSPS) is 9.92. The van der Waals surface area contributed by atoms with Crippen molar-refractivity contribution in [2.24, 2.45) is 0 Å². The van der Waals surface area contributed by atoms with Crippen molar-refractivity contribution in [2.75, 3.05) is 0 Å². The zero-order valence-electron chi connectivity index (χ0n) is 13.2. The van der Waals surface area contributed by atoms with Crippen molar-refractivity contribution in [3.05, 3.63) is 83.9 Å². The van der Waals surface area contributed by atoms with E-state index in [9.17, 15) is 0 Å². The Bertz CT molecular complexity index is 812. The molecule has 0 heterocycles. The molecule has 0 atom stereocenters. The SMILES string of the molecule is N#CCc1ccc(-c2ccc(-c3ccc(CC#N)cc3)cc2)cc1. The van der Waals surface area contributed by atoms with Crippen LogP contribution in [0.1, 0.15) is 11.1 Å². The quantitative estimate of drug-likeness (QED) is 0.669. The molecule has 0 saturated carbocycles. The van der Waals surface area contributed by atoms with E-state index in [-0.39, 0.29) is 0 Å². The molecule has 0 saturated heterocycles. The lowest BCUT2D eigenvalue weighted by Crippen LogP contribution is -1.84. The van der Waals surface area contributed by atoms with Crippen molar-refractivity contribution in [3.8, 4) is 34.4 Å². The molecule has 0 N–H and O–H groups in total. The lowest BCUT2D eigenvalue weighted by atomic mass is 9.98. The third-order valence-electron chi connectivity index (χ3n) is 4.03. The maximum absolute atomic E-state index is 8.73. The zero-order valence-corrected chi connectivity index (χ0v) is 13.2. The third-order valence-corrected chi connectivity index (χ3v) is 4.03. The molecule has 3 aromatic rings. The predicted octanol–water partition coefficient (Wildman–Crippen LogP) is 5.15. The number of nitrogens with zero attached hydrogens (tertiary/aromatic N) is 2. The molecule has 0 unspecified atom stereocenters. The standard InChI is InChI=1S/C22H16N2/c23-15-13-17-1-5-19(6-2-17)21-9-11-22(12-10-21)20-7-3-18(4-8-20)14-16-24/h1-12H,13-14H2. The first-order valence-corrected chi connectivity index (χ1v) is 7.83. The Morgan fingerprint density at radius 2 is 0.708 bits per heavy atom. The Kier molecular flexibility index (Phi) is 4.70. The van der Waals surface area contributed by atoms with Gasteiger partial charge in [0.15, 0.2) is 0 Å². The Morgan fingerprint density at radius 3 is 0.958 bits per heavy atom. The Morgan fingerprint density at radius 1 is 0.458 bits per heavy atom. The largest absolute Gasteiger partial charge is 0.198 e. The molecule has 0 aliphatic rings.